The van der Waals surface area contributed by atoms with Gasteiger partial charge in [0.15, 0.2) is 0 Å². The highest BCUT2D eigenvalue weighted by Crippen LogP contribution is 2.20. The molecule has 0 fully saturated rings. The van der Waals surface area contributed by atoms with Crippen molar-refractivity contribution in [3.8, 4) is 5.75 Å². The van der Waals surface area contributed by atoms with Crippen LogP contribution in [0.4, 0.5) is 0 Å². The minimum Gasteiger partial charge on any atom is -0.492 e. The average molecular weight is 340 g/mol. The molecule has 4 heterocycles. The van der Waals surface area contributed by atoms with Crippen molar-refractivity contribution in [2.45, 2.75) is 19.6 Å². The molecule has 0 spiro atoms. The van der Waals surface area contributed by atoms with E-state index in [-0.39, 0.29) is 0 Å². The van der Waals surface area contributed by atoms with E-state index >= 15 is 0 Å². The molecule has 0 bridgehead atoms. The summed E-state index contributed by atoms with van der Waals surface area (Å²) in [5, 5.41) is 2.14. The topological polar surface area (TPSA) is 43.2 Å². The van der Waals surface area contributed by atoms with Gasteiger partial charge in [0.25, 0.3) is 0 Å². The second kappa shape index (κ2) is 7.15. The second-order valence-corrected chi connectivity index (χ2v) is 7.14. The van der Waals surface area contributed by atoms with Crippen molar-refractivity contribution >= 4 is 11.3 Å². The Labute approximate surface area is 145 Å². The molecule has 4 rings (SSSR count). The minimum atomic E-state index is 0.417. The molecule has 0 saturated carbocycles. The Morgan fingerprint density at radius 2 is 2.21 bits per heavy atom. The van der Waals surface area contributed by atoms with Gasteiger partial charge < -0.3 is 9.30 Å². The van der Waals surface area contributed by atoms with E-state index in [1.165, 1.54) is 4.88 Å². The third-order valence-corrected chi connectivity index (χ3v) is 5.08. The maximum atomic E-state index is 5.96. The average Bonchev–Trinajstić information content (AvgIpc) is 3.23. The van der Waals surface area contributed by atoms with Gasteiger partial charge in [0, 0.05) is 49.0 Å². The molecule has 0 aromatic carbocycles. The van der Waals surface area contributed by atoms with E-state index in [2.05, 4.69) is 43.1 Å². The largest absolute Gasteiger partial charge is 0.492 e. The Bertz CT molecular complexity index is 756. The summed E-state index contributed by atoms with van der Waals surface area (Å²) in [6, 6.07) is 8.17. The summed E-state index contributed by atoms with van der Waals surface area (Å²) in [6.45, 7) is 4.48. The van der Waals surface area contributed by atoms with E-state index in [0.717, 1.165) is 37.8 Å². The van der Waals surface area contributed by atoms with E-state index in [4.69, 9.17) is 4.74 Å². The normalized spacial score (nSPS) is 18.1. The van der Waals surface area contributed by atoms with Crippen molar-refractivity contribution in [1.82, 2.24) is 19.4 Å². The molecule has 3 aromatic heterocycles. The summed E-state index contributed by atoms with van der Waals surface area (Å²) < 4.78 is 8.21. The number of imidazole rings is 1. The molecular weight excluding hydrogens is 320 g/mol. The van der Waals surface area contributed by atoms with Gasteiger partial charge in [-0.2, -0.15) is 0 Å². The number of ether oxygens (including phenoxy) is 1. The number of thiophene rings is 1. The van der Waals surface area contributed by atoms with Crippen LogP contribution in [0.15, 0.2) is 54.4 Å². The minimum absolute atomic E-state index is 0.417. The number of aromatic nitrogens is 3. The molecule has 0 unspecified atom stereocenters. The van der Waals surface area contributed by atoms with Crippen molar-refractivity contribution in [1.29, 1.82) is 0 Å². The first-order valence-electron chi connectivity index (χ1n) is 8.14. The number of hydrogen-bond acceptors (Lipinski definition) is 5. The fourth-order valence-electron chi connectivity index (χ4n) is 3.12. The van der Waals surface area contributed by atoms with Gasteiger partial charge in [-0.3, -0.25) is 9.88 Å². The quantitative estimate of drug-likeness (QED) is 0.716. The first-order valence-corrected chi connectivity index (χ1v) is 9.02. The van der Waals surface area contributed by atoms with Crippen LogP contribution in [0, 0.1) is 5.92 Å². The summed E-state index contributed by atoms with van der Waals surface area (Å²) in [7, 11) is 0. The summed E-state index contributed by atoms with van der Waals surface area (Å²) in [6.07, 6.45) is 7.49. The van der Waals surface area contributed by atoms with Crippen LogP contribution in [0.2, 0.25) is 0 Å². The molecule has 3 aromatic rings. The molecule has 0 saturated heterocycles. The molecular formula is C18H20N4OS. The van der Waals surface area contributed by atoms with Gasteiger partial charge in [0.05, 0.1) is 19.3 Å². The van der Waals surface area contributed by atoms with Crippen molar-refractivity contribution in [3.05, 3.63) is 65.1 Å². The summed E-state index contributed by atoms with van der Waals surface area (Å²) in [5.41, 5.74) is 0. The van der Waals surface area contributed by atoms with Crippen LogP contribution in [0.5, 0.6) is 5.75 Å². The highest BCUT2D eigenvalue weighted by molar-refractivity contribution is 7.09. The lowest BCUT2D eigenvalue weighted by molar-refractivity contribution is 0.168. The molecule has 5 nitrogen and oxygen atoms in total. The number of rotatable bonds is 5. The van der Waals surface area contributed by atoms with Crippen molar-refractivity contribution < 1.29 is 4.74 Å². The third kappa shape index (κ3) is 3.66. The predicted molar refractivity (Wildman–Crippen MR) is 93.9 cm³/mol. The van der Waals surface area contributed by atoms with Gasteiger partial charge in [-0.25, -0.2) is 4.98 Å². The van der Waals surface area contributed by atoms with Gasteiger partial charge >= 0.3 is 0 Å². The summed E-state index contributed by atoms with van der Waals surface area (Å²) in [4.78, 5) is 12.5. The van der Waals surface area contributed by atoms with Gasteiger partial charge in [-0.05, 0) is 23.6 Å². The standard InChI is InChI=1S/C18H20N4OS/c1-3-16(9-19-5-1)23-14-15-10-21(12-17-4-2-8-24-17)13-18-20-6-7-22(18)11-15/h1-9,15H,10-14H2/t15-/m0/s1. The molecule has 0 radical (unpaired) electrons. The predicted octanol–water partition coefficient (Wildman–Crippen LogP) is 3.05. The lowest BCUT2D eigenvalue weighted by Crippen LogP contribution is -2.30. The molecule has 24 heavy (non-hydrogen) atoms. The van der Waals surface area contributed by atoms with E-state index in [0.29, 0.717) is 12.5 Å². The number of pyridine rings is 1. The van der Waals surface area contributed by atoms with E-state index in [9.17, 15) is 0 Å². The van der Waals surface area contributed by atoms with Crippen LogP contribution in [-0.2, 0) is 19.6 Å². The molecule has 1 atom stereocenters. The molecule has 0 amide bonds. The first kappa shape index (κ1) is 15.4. The van der Waals surface area contributed by atoms with E-state index in [1.807, 2.05) is 29.7 Å². The van der Waals surface area contributed by atoms with Crippen molar-refractivity contribution in [2.24, 2.45) is 5.92 Å². The Morgan fingerprint density at radius 1 is 1.21 bits per heavy atom. The Hall–Kier alpha value is -2.18. The van der Waals surface area contributed by atoms with Crippen LogP contribution in [0.1, 0.15) is 10.7 Å². The number of hydrogen-bond donors (Lipinski definition) is 0. The molecule has 6 heteroatoms. The van der Waals surface area contributed by atoms with Crippen LogP contribution in [0.3, 0.4) is 0 Å². The maximum absolute atomic E-state index is 5.96. The summed E-state index contributed by atoms with van der Waals surface area (Å²) in [5.74, 6) is 2.38. The maximum Gasteiger partial charge on any atom is 0.137 e. The van der Waals surface area contributed by atoms with Crippen LogP contribution in [0.25, 0.3) is 0 Å². The summed E-state index contributed by atoms with van der Waals surface area (Å²) >= 11 is 1.81. The fraction of sp³-hybridized carbons (Fsp3) is 0.333. The van der Waals surface area contributed by atoms with Crippen LogP contribution >= 0.6 is 11.3 Å². The Morgan fingerprint density at radius 3 is 3.04 bits per heavy atom. The molecule has 1 aliphatic heterocycles. The third-order valence-electron chi connectivity index (χ3n) is 4.22. The fourth-order valence-corrected chi connectivity index (χ4v) is 3.87. The number of nitrogens with zero attached hydrogens (tertiary/aromatic N) is 4. The smallest absolute Gasteiger partial charge is 0.137 e. The van der Waals surface area contributed by atoms with Crippen LogP contribution < -0.4 is 4.74 Å². The second-order valence-electron chi connectivity index (χ2n) is 6.11. The van der Waals surface area contributed by atoms with Gasteiger partial charge in [-0.15, -0.1) is 11.3 Å². The lowest BCUT2D eigenvalue weighted by Gasteiger charge is -2.23. The van der Waals surface area contributed by atoms with Gasteiger partial charge in [0.2, 0.25) is 0 Å². The molecule has 0 aliphatic carbocycles. The Kier molecular flexibility index (Phi) is 4.57. The molecule has 0 N–H and O–H groups in total. The van der Waals surface area contributed by atoms with Gasteiger partial charge in [0.1, 0.15) is 11.6 Å². The highest BCUT2D eigenvalue weighted by Gasteiger charge is 2.23. The zero-order chi connectivity index (χ0) is 16.2. The zero-order valence-corrected chi connectivity index (χ0v) is 14.2. The van der Waals surface area contributed by atoms with Crippen molar-refractivity contribution in [2.75, 3.05) is 13.2 Å². The lowest BCUT2D eigenvalue weighted by atomic mass is 10.1. The van der Waals surface area contributed by atoms with Crippen LogP contribution in [-0.4, -0.2) is 32.6 Å². The monoisotopic (exact) mass is 340 g/mol. The first-order chi connectivity index (χ1) is 11.9. The SMILES string of the molecule is c1cncc(OC[C@H]2CN(Cc3cccs3)Cc3nccn3C2)c1. The van der Waals surface area contributed by atoms with Crippen molar-refractivity contribution in [3.63, 3.8) is 0 Å². The van der Waals surface area contributed by atoms with E-state index in [1.54, 1.807) is 12.4 Å². The molecule has 124 valence electrons. The molecule has 1 aliphatic rings. The van der Waals surface area contributed by atoms with E-state index < -0.39 is 0 Å². The number of fused-ring (bicyclic) bond motifs is 1. The highest BCUT2D eigenvalue weighted by atomic mass is 32.1. The van der Waals surface area contributed by atoms with Gasteiger partial charge in [-0.1, -0.05) is 6.07 Å². The zero-order valence-electron chi connectivity index (χ0n) is 13.4. The Balaban J connectivity index is 1.46.